The smallest absolute Gasteiger partial charge is 0.328 e. The third kappa shape index (κ3) is 12.4. The largest absolute Gasteiger partial charge is 0.480 e. The Balaban J connectivity index is 3.17. The molecule has 0 spiro atoms. The van der Waals surface area contributed by atoms with E-state index >= 15 is 0 Å². The molecule has 250 valence electrons. The van der Waals surface area contributed by atoms with Gasteiger partial charge in [0, 0.05) is 6.54 Å². The number of likely N-dealkylation sites (tertiary alicyclic amines) is 1. The number of nitrogens with one attached hydrogen (secondary N) is 4. The molecule has 17 heteroatoms. The summed E-state index contributed by atoms with van der Waals surface area (Å²) in [6, 6.07) is -7.21. The van der Waals surface area contributed by atoms with Crippen LogP contribution in [0.2, 0.25) is 0 Å². The number of hydrogen-bond donors (Lipinski definition) is 9. The molecular formula is C27H48N8O9. The van der Waals surface area contributed by atoms with Gasteiger partial charge < -0.3 is 53.6 Å². The lowest BCUT2D eigenvalue weighted by atomic mass is 10.0. The number of carboxylic acids is 1. The van der Waals surface area contributed by atoms with E-state index < -0.39 is 90.7 Å². The number of amides is 6. The predicted octanol–water partition coefficient (Wildman–Crippen LogP) is -3.61. The van der Waals surface area contributed by atoms with Crippen molar-refractivity contribution in [2.45, 2.75) is 102 Å². The van der Waals surface area contributed by atoms with Crippen LogP contribution in [0.5, 0.6) is 0 Å². The lowest BCUT2D eigenvalue weighted by Gasteiger charge is -2.31. The van der Waals surface area contributed by atoms with Crippen molar-refractivity contribution in [3.8, 4) is 0 Å². The Labute approximate surface area is 256 Å². The molecule has 0 aromatic rings. The number of carbonyl (C=O) groups excluding carboxylic acids is 6. The summed E-state index contributed by atoms with van der Waals surface area (Å²) in [5.41, 5.74) is 16.5. The van der Waals surface area contributed by atoms with Gasteiger partial charge in [-0.2, -0.15) is 0 Å². The lowest BCUT2D eigenvalue weighted by Crippen LogP contribution is -2.59. The summed E-state index contributed by atoms with van der Waals surface area (Å²) in [6.07, 6.45) is 1.49. The highest BCUT2D eigenvalue weighted by Crippen LogP contribution is 2.21. The molecule has 0 unspecified atom stereocenters. The fourth-order valence-corrected chi connectivity index (χ4v) is 4.67. The Hall–Kier alpha value is -3.83. The number of nitrogens with zero attached hydrogens (tertiary/aromatic N) is 1. The summed E-state index contributed by atoms with van der Waals surface area (Å²) >= 11 is 0. The average Bonchev–Trinajstić information content (AvgIpc) is 3.43. The molecule has 0 saturated carbocycles. The van der Waals surface area contributed by atoms with Gasteiger partial charge in [0.1, 0.15) is 30.2 Å². The first-order valence-electron chi connectivity index (χ1n) is 14.7. The quantitative estimate of drug-likeness (QED) is 0.0629. The summed E-state index contributed by atoms with van der Waals surface area (Å²) in [6.45, 7) is 4.79. The summed E-state index contributed by atoms with van der Waals surface area (Å²) in [7, 11) is 0. The molecule has 0 bridgehead atoms. The third-order valence-corrected chi connectivity index (χ3v) is 6.99. The van der Waals surface area contributed by atoms with E-state index in [2.05, 4.69) is 16.0 Å². The van der Waals surface area contributed by atoms with E-state index in [-0.39, 0.29) is 31.7 Å². The van der Waals surface area contributed by atoms with Crippen molar-refractivity contribution in [2.75, 3.05) is 19.7 Å². The zero-order valence-electron chi connectivity index (χ0n) is 25.5. The zero-order chi connectivity index (χ0) is 33.6. The van der Waals surface area contributed by atoms with Crippen molar-refractivity contribution < 1.29 is 43.8 Å². The number of aliphatic carboxylic acids is 1. The number of aliphatic hydroxyl groups is 1. The van der Waals surface area contributed by atoms with Crippen molar-refractivity contribution >= 4 is 41.4 Å². The van der Waals surface area contributed by atoms with Crippen LogP contribution in [0.15, 0.2) is 0 Å². The number of rotatable bonds is 19. The summed E-state index contributed by atoms with van der Waals surface area (Å²) in [5.74, 6) is -6.01. The van der Waals surface area contributed by atoms with Crippen LogP contribution >= 0.6 is 0 Å². The van der Waals surface area contributed by atoms with E-state index in [1.165, 1.54) is 11.8 Å². The van der Waals surface area contributed by atoms with E-state index in [9.17, 15) is 38.7 Å². The van der Waals surface area contributed by atoms with Crippen LogP contribution in [0.25, 0.3) is 0 Å². The summed E-state index contributed by atoms with van der Waals surface area (Å²) < 4.78 is 0. The second-order valence-corrected chi connectivity index (χ2v) is 11.3. The van der Waals surface area contributed by atoms with Crippen molar-refractivity contribution in [3.05, 3.63) is 0 Å². The molecule has 1 heterocycles. The molecule has 0 aromatic heterocycles. The van der Waals surface area contributed by atoms with Gasteiger partial charge in [-0.3, -0.25) is 28.8 Å². The van der Waals surface area contributed by atoms with Gasteiger partial charge in [0.2, 0.25) is 35.4 Å². The normalized spacial score (nSPS) is 18.0. The topological polar surface area (TPSA) is 289 Å². The van der Waals surface area contributed by atoms with Crippen molar-refractivity contribution in [1.82, 2.24) is 26.2 Å². The number of unbranched alkanes of at least 4 members (excludes halogenated alkanes) is 1. The Morgan fingerprint density at radius 1 is 0.864 bits per heavy atom. The fraction of sp³-hybridized carbons (Fsp3) is 0.741. The minimum atomic E-state index is -1.69. The van der Waals surface area contributed by atoms with Crippen LogP contribution in [0, 0.1) is 5.92 Å². The molecule has 12 N–H and O–H groups in total. The lowest BCUT2D eigenvalue weighted by molar-refractivity contribution is -0.144. The molecule has 6 atom stereocenters. The third-order valence-electron chi connectivity index (χ3n) is 6.99. The zero-order valence-corrected chi connectivity index (χ0v) is 25.5. The second kappa shape index (κ2) is 18.7. The Bertz CT molecular complexity index is 1040. The summed E-state index contributed by atoms with van der Waals surface area (Å²) in [4.78, 5) is 89.4. The van der Waals surface area contributed by atoms with E-state index in [1.54, 1.807) is 0 Å². The Morgan fingerprint density at radius 3 is 1.98 bits per heavy atom. The number of carbonyl (C=O) groups is 7. The number of primary amides is 1. The van der Waals surface area contributed by atoms with E-state index in [1.807, 2.05) is 19.2 Å². The van der Waals surface area contributed by atoms with Gasteiger partial charge in [-0.1, -0.05) is 13.8 Å². The van der Waals surface area contributed by atoms with Crippen LogP contribution < -0.4 is 38.5 Å². The maximum atomic E-state index is 13.8. The van der Waals surface area contributed by atoms with Crippen LogP contribution in [0.3, 0.4) is 0 Å². The molecule has 17 nitrogen and oxygen atoms in total. The van der Waals surface area contributed by atoms with Crippen molar-refractivity contribution in [1.29, 1.82) is 0 Å². The van der Waals surface area contributed by atoms with E-state index in [0.717, 1.165) is 0 Å². The molecule has 44 heavy (non-hydrogen) atoms. The molecule has 1 aliphatic heterocycles. The summed E-state index contributed by atoms with van der Waals surface area (Å²) in [5, 5.41) is 28.1. The first-order valence-corrected chi connectivity index (χ1v) is 14.7. The molecule has 1 fully saturated rings. The first-order chi connectivity index (χ1) is 20.6. The number of carboxylic acid groups (broad SMARTS) is 1. The van der Waals surface area contributed by atoms with Crippen molar-refractivity contribution in [2.24, 2.45) is 23.1 Å². The first kappa shape index (κ1) is 38.2. The van der Waals surface area contributed by atoms with Crippen LogP contribution in [0.1, 0.15) is 65.7 Å². The molecule has 1 aliphatic rings. The molecule has 0 aromatic carbocycles. The minimum Gasteiger partial charge on any atom is -0.480 e. The SMILES string of the molecule is CC(C)C[C@H](NC(=O)[C@H](C)N)C(=O)N[C@@H](CCCCN)C(=O)N1CCC[C@H]1C(=O)N[C@@H](CC(N)=O)C(=O)N[C@@H](CO)C(=O)O. The Kier molecular flexibility index (Phi) is 16.3. The molecule has 1 saturated heterocycles. The van der Waals surface area contributed by atoms with E-state index in [4.69, 9.17) is 22.3 Å². The highest BCUT2D eigenvalue weighted by molar-refractivity contribution is 5.97. The van der Waals surface area contributed by atoms with Gasteiger partial charge in [-0.15, -0.1) is 0 Å². The Morgan fingerprint density at radius 2 is 1.45 bits per heavy atom. The molecule has 6 amide bonds. The van der Waals surface area contributed by atoms with Gasteiger partial charge in [0.05, 0.1) is 19.1 Å². The monoisotopic (exact) mass is 628 g/mol. The standard InChI is InChI=1S/C27H48N8O9/c1-14(2)11-17(32-22(38)15(3)29)23(39)31-16(7-4-5-9-28)26(42)35-10-6-8-20(35)25(41)33-18(12-21(30)37)24(40)34-19(13-36)27(43)44/h14-20,36H,4-13,28-29H2,1-3H3,(H2,30,37)(H,31,39)(H,32,38)(H,33,41)(H,34,40)(H,43,44)/t15-,16-,17-,18-,19-,20-/m0/s1. The average molecular weight is 629 g/mol. The maximum absolute atomic E-state index is 13.8. The van der Waals surface area contributed by atoms with Crippen molar-refractivity contribution in [3.63, 3.8) is 0 Å². The van der Waals surface area contributed by atoms with Gasteiger partial charge in [-0.25, -0.2) is 4.79 Å². The second-order valence-electron chi connectivity index (χ2n) is 11.3. The molecule has 1 rings (SSSR count). The van der Waals surface area contributed by atoms with Crippen LogP contribution in [-0.4, -0.2) is 112 Å². The van der Waals surface area contributed by atoms with Gasteiger partial charge in [-0.05, 0) is 57.9 Å². The number of nitrogens with two attached hydrogens (primary N) is 3. The minimum absolute atomic E-state index is 0.0193. The molecule has 0 aliphatic carbocycles. The molecular weight excluding hydrogens is 580 g/mol. The maximum Gasteiger partial charge on any atom is 0.328 e. The van der Waals surface area contributed by atoms with E-state index in [0.29, 0.717) is 25.8 Å². The number of hydrogen-bond acceptors (Lipinski definition) is 10. The van der Waals surface area contributed by atoms with Gasteiger partial charge in [0.25, 0.3) is 0 Å². The van der Waals surface area contributed by atoms with Crippen LogP contribution in [-0.2, 0) is 33.6 Å². The van der Waals surface area contributed by atoms with Gasteiger partial charge in [0.15, 0.2) is 0 Å². The van der Waals surface area contributed by atoms with Gasteiger partial charge >= 0.3 is 5.97 Å². The van der Waals surface area contributed by atoms with Crippen LogP contribution in [0.4, 0.5) is 0 Å². The predicted molar refractivity (Wildman–Crippen MR) is 157 cm³/mol. The highest BCUT2D eigenvalue weighted by atomic mass is 16.4. The highest BCUT2D eigenvalue weighted by Gasteiger charge is 2.40. The molecule has 0 radical (unpaired) electrons. The fourth-order valence-electron chi connectivity index (χ4n) is 4.67. The number of aliphatic hydroxyl groups excluding tert-OH is 1.